The molecule has 1 aromatic carbocycles. The minimum Gasteiger partial charge on any atom is -0.426 e. The molecule has 0 bridgehead atoms. The molecule has 0 aromatic heterocycles. The second-order valence-corrected chi connectivity index (χ2v) is 4.37. The van der Waals surface area contributed by atoms with E-state index in [-0.39, 0.29) is 12.0 Å². The first-order valence-electron chi connectivity index (χ1n) is 5.10. The summed E-state index contributed by atoms with van der Waals surface area (Å²) in [4.78, 5) is 11.6. The quantitative estimate of drug-likeness (QED) is 0.506. The molecule has 0 aliphatic rings. The van der Waals surface area contributed by atoms with Gasteiger partial charge in [0.05, 0.1) is 6.79 Å². The lowest BCUT2D eigenvalue weighted by molar-refractivity contribution is -0.142. The molecule has 0 aliphatic carbocycles. The number of ether oxygens (including phenoxy) is 1. The van der Waals surface area contributed by atoms with Crippen LogP contribution in [-0.2, 0) is 4.79 Å². The Kier molecular flexibility index (Phi) is 2.53. The van der Waals surface area contributed by atoms with Crippen LogP contribution in [0.5, 0.6) is 5.75 Å². The van der Waals surface area contributed by atoms with Crippen LogP contribution in [0.1, 0.15) is 27.7 Å². The van der Waals surface area contributed by atoms with Gasteiger partial charge in [0.2, 0.25) is 0 Å². The third-order valence-corrected chi connectivity index (χ3v) is 1.75. The second-order valence-electron chi connectivity index (χ2n) is 4.37. The maximum Gasteiger partial charge on any atom is 0.316 e. The largest absolute Gasteiger partial charge is 0.426 e. The maximum atomic E-state index is 11.6. The molecule has 2 nitrogen and oxygen atoms in total. The molecule has 14 heavy (non-hydrogen) atoms. The van der Waals surface area contributed by atoms with Crippen molar-refractivity contribution in [1.29, 1.82) is 0 Å². The van der Waals surface area contributed by atoms with Crippen molar-refractivity contribution in [2.45, 2.75) is 27.7 Å². The number of hydrogen-bond acceptors (Lipinski definition) is 2. The molecule has 0 saturated carbocycles. The molecule has 0 aliphatic heterocycles. The molecular formula is C12H16O2. The summed E-state index contributed by atoms with van der Waals surface area (Å²) in [5.41, 5.74) is 0.438. The lowest BCUT2D eigenvalue weighted by atomic mass is 9.97. The zero-order chi connectivity index (χ0) is 11.6. The van der Waals surface area contributed by atoms with E-state index in [1.807, 2.05) is 13.0 Å². The summed E-state index contributed by atoms with van der Waals surface area (Å²) in [6.07, 6.45) is 0. The Morgan fingerprint density at radius 2 is 2.00 bits per heavy atom. The number of esters is 1. The molecule has 0 heterocycles. The zero-order valence-electron chi connectivity index (χ0n) is 10.0. The van der Waals surface area contributed by atoms with E-state index in [0.29, 0.717) is 5.75 Å². The summed E-state index contributed by atoms with van der Waals surface area (Å²) in [6.45, 7) is 7.25. The Hall–Kier alpha value is -1.31. The van der Waals surface area contributed by atoms with Gasteiger partial charge in [0, 0.05) is 0 Å². The van der Waals surface area contributed by atoms with Crippen LogP contribution in [0.2, 0.25) is 0 Å². The van der Waals surface area contributed by atoms with Crippen LogP contribution in [0.25, 0.3) is 0 Å². The molecule has 0 spiro atoms. The fraction of sp³-hybridized carbons (Fsp3) is 0.417. The molecule has 76 valence electrons. The van der Waals surface area contributed by atoms with Gasteiger partial charge in [0.15, 0.2) is 0 Å². The normalized spacial score (nSPS) is 12.1. The van der Waals surface area contributed by atoms with Crippen LogP contribution < -0.4 is 4.74 Å². The van der Waals surface area contributed by atoms with Gasteiger partial charge in [0.25, 0.3) is 0 Å². The summed E-state index contributed by atoms with van der Waals surface area (Å²) < 4.78 is 12.8. The summed E-state index contributed by atoms with van der Waals surface area (Å²) in [7, 11) is 0. The number of hydrogen-bond donors (Lipinski definition) is 0. The third kappa shape index (κ3) is 2.87. The van der Waals surface area contributed by atoms with Crippen molar-refractivity contribution < 1.29 is 10.9 Å². The van der Waals surface area contributed by atoms with Crippen LogP contribution in [-0.4, -0.2) is 5.97 Å². The van der Waals surface area contributed by atoms with Crippen molar-refractivity contribution in [3.05, 3.63) is 29.8 Å². The van der Waals surface area contributed by atoms with Gasteiger partial charge in [-0.1, -0.05) is 17.7 Å². The van der Waals surface area contributed by atoms with Gasteiger partial charge in [-0.15, -0.1) is 0 Å². The summed E-state index contributed by atoms with van der Waals surface area (Å²) >= 11 is 0. The second kappa shape index (κ2) is 3.82. The SMILES string of the molecule is [2H]c1cc(C)ccc1OC(=O)C(C)(C)C. The van der Waals surface area contributed by atoms with Crippen LogP contribution in [0, 0.1) is 12.3 Å². The monoisotopic (exact) mass is 193 g/mol. The maximum absolute atomic E-state index is 11.6. The Balaban J connectivity index is 2.87. The Morgan fingerprint density at radius 3 is 2.50 bits per heavy atom. The Morgan fingerprint density at radius 1 is 1.36 bits per heavy atom. The van der Waals surface area contributed by atoms with Gasteiger partial charge >= 0.3 is 5.97 Å². The fourth-order valence-electron chi connectivity index (χ4n) is 0.805. The molecule has 1 rings (SSSR count). The van der Waals surface area contributed by atoms with Gasteiger partial charge in [-0.3, -0.25) is 4.79 Å². The van der Waals surface area contributed by atoms with Gasteiger partial charge in [-0.25, -0.2) is 0 Å². The van der Waals surface area contributed by atoms with Crippen molar-refractivity contribution in [3.63, 3.8) is 0 Å². The number of aryl methyl sites for hydroxylation is 1. The number of rotatable bonds is 1. The van der Waals surface area contributed by atoms with Crippen molar-refractivity contribution in [1.82, 2.24) is 0 Å². The van der Waals surface area contributed by atoms with Gasteiger partial charge in [-0.2, -0.15) is 0 Å². The average molecular weight is 193 g/mol. The first-order chi connectivity index (χ1) is 6.80. The first kappa shape index (κ1) is 9.25. The highest BCUT2D eigenvalue weighted by atomic mass is 16.5. The molecular weight excluding hydrogens is 176 g/mol. The molecule has 0 unspecified atom stereocenters. The van der Waals surface area contributed by atoms with E-state index in [2.05, 4.69) is 0 Å². The molecule has 0 atom stereocenters. The van der Waals surface area contributed by atoms with E-state index in [4.69, 9.17) is 6.11 Å². The lowest BCUT2D eigenvalue weighted by Gasteiger charge is -2.16. The van der Waals surface area contributed by atoms with E-state index >= 15 is 0 Å². The highest BCUT2D eigenvalue weighted by Crippen LogP contribution is 2.19. The van der Waals surface area contributed by atoms with E-state index in [9.17, 15) is 4.79 Å². The number of carbonyl (C=O) groups is 1. The lowest BCUT2D eigenvalue weighted by Crippen LogP contribution is -2.25. The summed E-state index contributed by atoms with van der Waals surface area (Å²) in [5.74, 6) is 0.000350. The third-order valence-electron chi connectivity index (χ3n) is 1.75. The van der Waals surface area contributed by atoms with Crippen molar-refractivity contribution in [2.24, 2.45) is 5.41 Å². The molecule has 1 aromatic rings. The van der Waals surface area contributed by atoms with E-state index in [1.54, 1.807) is 32.9 Å². The minimum atomic E-state index is -0.544. The highest BCUT2D eigenvalue weighted by molar-refractivity contribution is 5.77. The Labute approximate surface area is 86.3 Å². The highest BCUT2D eigenvalue weighted by Gasteiger charge is 2.23. The standard InChI is InChI=1S/C12H16O2/c1-9-5-7-10(8-6-9)14-11(13)12(2,3)4/h5-8H,1-4H3/i7D. The molecule has 0 fully saturated rings. The number of carbonyl (C=O) groups excluding carboxylic acids is 1. The van der Waals surface area contributed by atoms with Crippen molar-refractivity contribution in [2.75, 3.05) is 0 Å². The van der Waals surface area contributed by atoms with Gasteiger partial charge < -0.3 is 4.74 Å². The van der Waals surface area contributed by atoms with Crippen molar-refractivity contribution in [3.8, 4) is 5.75 Å². The first-order valence-corrected chi connectivity index (χ1v) is 4.60. The Bertz CT molecular complexity index is 378. The van der Waals surface area contributed by atoms with Crippen molar-refractivity contribution >= 4 is 5.97 Å². The molecule has 0 radical (unpaired) electrons. The predicted octanol–water partition coefficient (Wildman–Crippen LogP) is 2.95. The van der Waals surface area contributed by atoms with Gasteiger partial charge in [0.1, 0.15) is 5.75 Å². The minimum absolute atomic E-state index is 0.243. The van der Waals surface area contributed by atoms with E-state index in [1.165, 1.54) is 0 Å². The van der Waals surface area contributed by atoms with Crippen LogP contribution in [0.3, 0.4) is 0 Å². The van der Waals surface area contributed by atoms with Crippen LogP contribution >= 0.6 is 0 Å². The molecule has 0 saturated heterocycles. The topological polar surface area (TPSA) is 26.3 Å². The number of benzene rings is 1. The van der Waals surface area contributed by atoms with Crippen LogP contribution in [0.4, 0.5) is 0 Å². The van der Waals surface area contributed by atoms with E-state index < -0.39 is 5.41 Å². The summed E-state index contributed by atoms with van der Waals surface area (Å²) in [6, 6.07) is 5.39. The summed E-state index contributed by atoms with van der Waals surface area (Å²) in [5, 5.41) is 0. The molecule has 0 amide bonds. The fourth-order valence-corrected chi connectivity index (χ4v) is 0.805. The van der Waals surface area contributed by atoms with E-state index in [0.717, 1.165) is 5.56 Å². The average Bonchev–Trinajstić information content (AvgIpc) is 2.08. The molecule has 2 heteroatoms. The molecule has 0 N–H and O–H groups in total. The smallest absolute Gasteiger partial charge is 0.316 e. The van der Waals surface area contributed by atoms with Gasteiger partial charge in [-0.05, 0) is 39.8 Å². The zero-order valence-corrected chi connectivity index (χ0v) is 9.05. The predicted molar refractivity (Wildman–Crippen MR) is 56.3 cm³/mol. The van der Waals surface area contributed by atoms with Crippen LogP contribution in [0.15, 0.2) is 24.2 Å².